The Labute approximate surface area is 119 Å². The van der Waals surface area contributed by atoms with Crippen molar-refractivity contribution < 1.29 is 25.8 Å². The van der Waals surface area contributed by atoms with Crippen molar-refractivity contribution in [2.75, 3.05) is 0 Å². The van der Waals surface area contributed by atoms with Gasteiger partial charge in [-0.05, 0) is 37.8 Å². The van der Waals surface area contributed by atoms with Crippen LogP contribution in [0.15, 0.2) is 0 Å². The molecule has 1 saturated carbocycles. The van der Waals surface area contributed by atoms with Gasteiger partial charge in [0, 0.05) is 5.92 Å². The van der Waals surface area contributed by atoms with Crippen LogP contribution in [0.25, 0.3) is 0 Å². The summed E-state index contributed by atoms with van der Waals surface area (Å²) in [6.07, 6.45) is 1.65. The summed E-state index contributed by atoms with van der Waals surface area (Å²) in [5.74, 6) is -0.729. The standard InChI is InChI=1S/C12H11F3N2O3S/c1-6-7(2)10(8-3-4-8)17-11(9(6)5-16)20-21(18,19)12(13,14)15/h8H,3-4H2,1-2H3. The first-order chi connectivity index (χ1) is 9.58. The van der Waals surface area contributed by atoms with E-state index in [0.717, 1.165) is 12.8 Å². The second kappa shape index (κ2) is 4.87. The quantitative estimate of drug-likeness (QED) is 0.632. The van der Waals surface area contributed by atoms with Crippen molar-refractivity contribution in [3.8, 4) is 11.9 Å². The van der Waals surface area contributed by atoms with Gasteiger partial charge in [-0.25, -0.2) is 4.98 Å². The predicted octanol–water partition coefficient (Wildman–Crippen LogP) is 2.68. The molecule has 1 fully saturated rings. The Bertz CT molecular complexity index is 732. The minimum Gasteiger partial charge on any atom is -0.354 e. The lowest BCUT2D eigenvalue weighted by Gasteiger charge is -2.14. The molecule has 5 nitrogen and oxygen atoms in total. The molecule has 1 aliphatic carbocycles. The van der Waals surface area contributed by atoms with Crippen molar-refractivity contribution in [3.05, 3.63) is 22.4 Å². The summed E-state index contributed by atoms with van der Waals surface area (Å²) >= 11 is 0. The number of rotatable bonds is 3. The van der Waals surface area contributed by atoms with Crippen molar-refractivity contribution in [2.45, 2.75) is 38.1 Å². The monoisotopic (exact) mass is 320 g/mol. The summed E-state index contributed by atoms with van der Waals surface area (Å²) in [6, 6.07) is 1.65. The molecule has 0 aliphatic heterocycles. The van der Waals surface area contributed by atoms with E-state index in [1.54, 1.807) is 13.0 Å². The van der Waals surface area contributed by atoms with E-state index in [-0.39, 0.29) is 11.5 Å². The molecule has 1 aromatic heterocycles. The fourth-order valence-corrected chi connectivity index (χ4v) is 2.31. The zero-order valence-corrected chi connectivity index (χ0v) is 12.0. The number of hydrogen-bond donors (Lipinski definition) is 0. The van der Waals surface area contributed by atoms with Gasteiger partial charge < -0.3 is 4.18 Å². The van der Waals surface area contributed by atoms with Gasteiger partial charge in [0.15, 0.2) is 0 Å². The number of nitriles is 1. The van der Waals surface area contributed by atoms with E-state index >= 15 is 0 Å². The van der Waals surface area contributed by atoms with Crippen molar-refractivity contribution in [1.82, 2.24) is 4.98 Å². The lowest BCUT2D eigenvalue weighted by Crippen LogP contribution is -2.29. The van der Waals surface area contributed by atoms with Crippen LogP contribution >= 0.6 is 0 Å². The molecule has 0 spiro atoms. The van der Waals surface area contributed by atoms with Crippen LogP contribution in [-0.2, 0) is 10.1 Å². The van der Waals surface area contributed by atoms with Crippen LogP contribution in [0.3, 0.4) is 0 Å². The van der Waals surface area contributed by atoms with E-state index in [0.29, 0.717) is 16.8 Å². The van der Waals surface area contributed by atoms with Gasteiger partial charge in [0.1, 0.15) is 11.6 Å². The summed E-state index contributed by atoms with van der Waals surface area (Å²) < 4.78 is 63.4. The molecule has 1 aromatic rings. The number of hydrogen-bond acceptors (Lipinski definition) is 5. The normalized spacial score (nSPS) is 15.6. The van der Waals surface area contributed by atoms with Crippen LogP contribution in [0.4, 0.5) is 13.2 Å². The van der Waals surface area contributed by atoms with Gasteiger partial charge in [0.25, 0.3) is 5.88 Å². The van der Waals surface area contributed by atoms with Crippen LogP contribution in [0.2, 0.25) is 0 Å². The third-order valence-electron chi connectivity index (χ3n) is 3.31. The van der Waals surface area contributed by atoms with Crippen molar-refractivity contribution in [3.63, 3.8) is 0 Å². The minimum absolute atomic E-state index is 0.0763. The largest absolute Gasteiger partial charge is 0.534 e. The first-order valence-corrected chi connectivity index (χ1v) is 7.41. The number of alkyl halides is 3. The lowest BCUT2D eigenvalue weighted by molar-refractivity contribution is -0.0501. The van der Waals surface area contributed by atoms with Gasteiger partial charge in [-0.15, -0.1) is 0 Å². The van der Waals surface area contributed by atoms with Gasteiger partial charge in [0.2, 0.25) is 0 Å². The topological polar surface area (TPSA) is 80.0 Å². The third kappa shape index (κ3) is 2.81. The first-order valence-electron chi connectivity index (χ1n) is 6.00. The average Bonchev–Trinajstić information content (AvgIpc) is 3.16. The second-order valence-corrected chi connectivity index (χ2v) is 6.33. The van der Waals surface area contributed by atoms with E-state index in [1.165, 1.54) is 6.92 Å². The van der Waals surface area contributed by atoms with Crippen LogP contribution in [0.5, 0.6) is 5.88 Å². The van der Waals surface area contributed by atoms with Gasteiger partial charge >= 0.3 is 15.6 Å². The number of pyridine rings is 1. The molecular formula is C12H11F3N2O3S. The van der Waals surface area contributed by atoms with Crippen LogP contribution in [0, 0.1) is 25.2 Å². The number of nitrogens with zero attached hydrogens (tertiary/aromatic N) is 2. The zero-order chi connectivity index (χ0) is 16.0. The second-order valence-electron chi connectivity index (χ2n) is 4.80. The highest BCUT2D eigenvalue weighted by atomic mass is 32.2. The van der Waals surface area contributed by atoms with Crippen LogP contribution < -0.4 is 4.18 Å². The zero-order valence-electron chi connectivity index (χ0n) is 11.2. The molecule has 9 heteroatoms. The Kier molecular flexibility index (Phi) is 3.61. The summed E-state index contributed by atoms with van der Waals surface area (Å²) in [5, 5.41) is 9.02. The molecule has 0 N–H and O–H groups in total. The molecule has 0 aromatic carbocycles. The fourth-order valence-electron chi connectivity index (χ4n) is 1.89. The Hall–Kier alpha value is -1.82. The van der Waals surface area contributed by atoms with Gasteiger partial charge in [-0.1, -0.05) is 0 Å². The summed E-state index contributed by atoms with van der Waals surface area (Å²) in [5.41, 5.74) is -4.34. The number of halogens is 3. The Morgan fingerprint density at radius 1 is 1.29 bits per heavy atom. The predicted molar refractivity (Wildman–Crippen MR) is 66.0 cm³/mol. The Balaban J connectivity index is 2.56. The van der Waals surface area contributed by atoms with Gasteiger partial charge in [-0.2, -0.15) is 26.9 Å². The lowest BCUT2D eigenvalue weighted by atomic mass is 10.0. The maximum atomic E-state index is 12.4. The molecule has 1 heterocycles. The Morgan fingerprint density at radius 2 is 1.86 bits per heavy atom. The fraction of sp³-hybridized carbons (Fsp3) is 0.500. The summed E-state index contributed by atoms with van der Waals surface area (Å²) in [7, 11) is -5.85. The molecule has 0 unspecified atom stereocenters. The maximum absolute atomic E-state index is 12.4. The van der Waals surface area contributed by atoms with Gasteiger partial charge in [0.05, 0.1) is 5.69 Å². The highest BCUT2D eigenvalue weighted by molar-refractivity contribution is 7.87. The first kappa shape index (κ1) is 15.6. The highest BCUT2D eigenvalue weighted by Gasteiger charge is 2.49. The molecule has 0 amide bonds. The van der Waals surface area contributed by atoms with Crippen molar-refractivity contribution in [2.24, 2.45) is 0 Å². The maximum Gasteiger partial charge on any atom is 0.534 e. The SMILES string of the molecule is Cc1c(C2CC2)nc(OS(=O)(=O)C(F)(F)F)c(C#N)c1C. The molecule has 0 saturated heterocycles. The highest BCUT2D eigenvalue weighted by Crippen LogP contribution is 2.43. The summed E-state index contributed by atoms with van der Waals surface area (Å²) in [6.45, 7) is 3.22. The van der Waals surface area contributed by atoms with E-state index in [1.807, 2.05) is 0 Å². The molecular weight excluding hydrogens is 309 g/mol. The summed E-state index contributed by atoms with van der Waals surface area (Å²) in [4.78, 5) is 3.84. The Morgan fingerprint density at radius 3 is 2.29 bits per heavy atom. The molecule has 0 radical (unpaired) electrons. The molecule has 0 bridgehead atoms. The molecule has 2 rings (SSSR count). The smallest absolute Gasteiger partial charge is 0.354 e. The van der Waals surface area contributed by atoms with E-state index in [9.17, 15) is 21.6 Å². The third-order valence-corrected chi connectivity index (χ3v) is 4.25. The van der Waals surface area contributed by atoms with E-state index in [4.69, 9.17) is 5.26 Å². The van der Waals surface area contributed by atoms with Crippen LogP contribution in [-0.4, -0.2) is 18.9 Å². The van der Waals surface area contributed by atoms with Gasteiger partial charge in [-0.3, -0.25) is 0 Å². The molecule has 0 atom stereocenters. The van der Waals surface area contributed by atoms with E-state index in [2.05, 4.69) is 9.17 Å². The van der Waals surface area contributed by atoms with Crippen molar-refractivity contribution in [1.29, 1.82) is 5.26 Å². The molecule has 114 valence electrons. The molecule has 21 heavy (non-hydrogen) atoms. The van der Waals surface area contributed by atoms with Crippen molar-refractivity contribution >= 4 is 10.1 Å². The molecule has 1 aliphatic rings. The van der Waals surface area contributed by atoms with E-state index < -0.39 is 21.5 Å². The number of aromatic nitrogens is 1. The minimum atomic E-state index is -5.85. The average molecular weight is 320 g/mol. The van der Waals surface area contributed by atoms with Crippen LogP contribution in [0.1, 0.15) is 41.1 Å².